The minimum Gasteiger partial charge on any atom is -0.356 e. The summed E-state index contributed by atoms with van der Waals surface area (Å²) < 4.78 is 0. The quantitative estimate of drug-likeness (QED) is 0.244. The molecule has 0 bridgehead atoms. The van der Waals surface area contributed by atoms with Crippen LogP contribution in [0, 0.1) is 5.92 Å². The zero-order chi connectivity index (χ0) is 17.2. The highest BCUT2D eigenvalue weighted by molar-refractivity contribution is 14.0. The minimum atomic E-state index is 0. The summed E-state index contributed by atoms with van der Waals surface area (Å²) in [4.78, 5) is 16.4. The van der Waals surface area contributed by atoms with Gasteiger partial charge in [0, 0.05) is 37.5 Å². The number of halogens is 1. The first-order valence-corrected chi connectivity index (χ1v) is 9.95. The predicted molar refractivity (Wildman–Crippen MR) is 119 cm³/mol. The van der Waals surface area contributed by atoms with Crippen LogP contribution >= 0.6 is 35.7 Å². The number of nitrogens with zero attached hydrogens (tertiary/aromatic N) is 1. The Balaban J connectivity index is 0.00000312. The molecular weight excluding hydrogens is 447 g/mol. The van der Waals surface area contributed by atoms with Gasteiger partial charge in [0.05, 0.1) is 0 Å². The first-order chi connectivity index (χ1) is 11.7. The van der Waals surface area contributed by atoms with Crippen molar-refractivity contribution in [1.82, 2.24) is 10.6 Å². The lowest BCUT2D eigenvalue weighted by Gasteiger charge is -2.13. The number of benzene rings is 1. The molecule has 1 aliphatic carbocycles. The van der Waals surface area contributed by atoms with Gasteiger partial charge in [-0.3, -0.25) is 9.79 Å². The molecule has 0 aliphatic heterocycles. The number of amides is 1. The van der Waals surface area contributed by atoms with Gasteiger partial charge >= 0.3 is 0 Å². The van der Waals surface area contributed by atoms with Gasteiger partial charge in [0.2, 0.25) is 5.91 Å². The third-order valence-corrected chi connectivity index (χ3v) is 4.82. The van der Waals surface area contributed by atoms with Gasteiger partial charge in [-0.15, -0.1) is 24.0 Å². The van der Waals surface area contributed by atoms with E-state index in [0.717, 1.165) is 42.3 Å². The first-order valence-electron chi connectivity index (χ1n) is 8.56. The highest BCUT2D eigenvalue weighted by Gasteiger charge is 2.22. The van der Waals surface area contributed by atoms with Crippen LogP contribution in [0.4, 0.5) is 5.69 Å². The zero-order valence-electron chi connectivity index (χ0n) is 15.0. The highest BCUT2D eigenvalue weighted by Crippen LogP contribution is 2.26. The lowest BCUT2D eigenvalue weighted by Crippen LogP contribution is -2.37. The number of hydrogen-bond donors (Lipinski definition) is 3. The molecule has 1 fully saturated rings. The molecule has 2 rings (SSSR count). The summed E-state index contributed by atoms with van der Waals surface area (Å²) >= 11 is 1.80. The lowest BCUT2D eigenvalue weighted by atomic mass is 10.1. The molecule has 5 nitrogen and oxygen atoms in total. The van der Waals surface area contributed by atoms with E-state index in [4.69, 9.17) is 0 Å². The molecule has 3 N–H and O–H groups in total. The summed E-state index contributed by atoms with van der Waals surface area (Å²) in [5, 5.41) is 9.62. The van der Waals surface area contributed by atoms with Gasteiger partial charge < -0.3 is 16.0 Å². The van der Waals surface area contributed by atoms with E-state index in [9.17, 15) is 4.79 Å². The average Bonchev–Trinajstić information content (AvgIpc) is 3.13. The molecule has 0 radical (unpaired) electrons. The number of carbonyl (C=O) groups excluding carboxylic acids is 1. The topological polar surface area (TPSA) is 65.5 Å². The van der Waals surface area contributed by atoms with E-state index in [0.29, 0.717) is 6.54 Å². The standard InChI is InChI=1S/C18H28N4OS.HI/c1-19-18(20-10-11-24-2)21-13-14-6-5-9-16(12-14)22-17(23)15-7-3-4-8-15;/h5-6,9,12,15H,3-4,7-8,10-11,13H2,1-2H3,(H,22,23)(H2,19,20,21);1H. The van der Waals surface area contributed by atoms with Crippen LogP contribution in [0.3, 0.4) is 0 Å². The van der Waals surface area contributed by atoms with Gasteiger partial charge in [0.15, 0.2) is 5.96 Å². The number of carbonyl (C=O) groups is 1. The van der Waals surface area contributed by atoms with Gasteiger partial charge in [0.25, 0.3) is 0 Å². The number of rotatable bonds is 7. The van der Waals surface area contributed by atoms with Gasteiger partial charge in [-0.2, -0.15) is 11.8 Å². The number of anilines is 1. The van der Waals surface area contributed by atoms with Crippen LogP contribution in [-0.2, 0) is 11.3 Å². The fourth-order valence-corrected chi connectivity index (χ4v) is 3.18. The Morgan fingerprint density at radius 3 is 2.72 bits per heavy atom. The molecule has 7 heteroatoms. The van der Waals surface area contributed by atoms with Gasteiger partial charge in [-0.05, 0) is 36.8 Å². The SMILES string of the molecule is CN=C(NCCSC)NCc1cccc(NC(=O)C2CCCC2)c1.I. The monoisotopic (exact) mass is 476 g/mol. The van der Waals surface area contributed by atoms with Crippen LogP contribution in [-0.4, -0.2) is 37.5 Å². The number of hydrogen-bond acceptors (Lipinski definition) is 3. The Hall–Kier alpha value is -0.960. The van der Waals surface area contributed by atoms with E-state index >= 15 is 0 Å². The number of thioether (sulfide) groups is 1. The van der Waals surface area contributed by atoms with E-state index in [1.807, 2.05) is 24.3 Å². The van der Waals surface area contributed by atoms with Crippen LogP contribution < -0.4 is 16.0 Å². The molecule has 140 valence electrons. The smallest absolute Gasteiger partial charge is 0.227 e. The van der Waals surface area contributed by atoms with E-state index in [1.54, 1.807) is 18.8 Å². The second-order valence-electron chi connectivity index (χ2n) is 6.02. The van der Waals surface area contributed by atoms with Crippen molar-refractivity contribution in [3.05, 3.63) is 29.8 Å². The summed E-state index contributed by atoms with van der Waals surface area (Å²) in [7, 11) is 1.77. The molecule has 0 aromatic heterocycles. The normalized spacial score (nSPS) is 14.7. The van der Waals surface area contributed by atoms with Crippen molar-refractivity contribution in [2.75, 3.05) is 30.9 Å². The van der Waals surface area contributed by atoms with E-state index in [1.165, 1.54) is 12.8 Å². The van der Waals surface area contributed by atoms with Crippen molar-refractivity contribution in [2.24, 2.45) is 10.9 Å². The van der Waals surface area contributed by atoms with Crippen molar-refractivity contribution < 1.29 is 4.79 Å². The van der Waals surface area contributed by atoms with Crippen molar-refractivity contribution in [3.63, 3.8) is 0 Å². The molecule has 25 heavy (non-hydrogen) atoms. The van der Waals surface area contributed by atoms with E-state index in [-0.39, 0.29) is 35.8 Å². The molecule has 0 heterocycles. The maximum atomic E-state index is 12.2. The lowest BCUT2D eigenvalue weighted by molar-refractivity contribution is -0.119. The van der Waals surface area contributed by atoms with Gasteiger partial charge in [-0.25, -0.2) is 0 Å². The Bertz CT molecular complexity index is 562. The second kappa shape index (κ2) is 12.4. The summed E-state index contributed by atoms with van der Waals surface area (Å²) in [5.41, 5.74) is 1.99. The molecule has 1 amide bonds. The average molecular weight is 476 g/mol. The molecule has 0 saturated heterocycles. The summed E-state index contributed by atoms with van der Waals surface area (Å²) in [5.74, 6) is 2.19. The molecule has 0 unspecified atom stereocenters. The third-order valence-electron chi connectivity index (χ3n) is 4.20. The number of aliphatic imine (C=N–C) groups is 1. The van der Waals surface area contributed by atoms with Gasteiger partial charge in [-0.1, -0.05) is 25.0 Å². The Kier molecular flexibility index (Phi) is 11.0. The highest BCUT2D eigenvalue weighted by atomic mass is 127. The number of guanidine groups is 1. The molecule has 0 atom stereocenters. The Morgan fingerprint density at radius 2 is 2.04 bits per heavy atom. The summed E-state index contributed by atoms with van der Waals surface area (Å²) in [6.07, 6.45) is 6.47. The predicted octanol–water partition coefficient (Wildman–Crippen LogP) is 3.46. The summed E-state index contributed by atoms with van der Waals surface area (Å²) in [6, 6.07) is 8.00. The Morgan fingerprint density at radius 1 is 1.28 bits per heavy atom. The van der Waals surface area contributed by atoms with Crippen LogP contribution in [0.1, 0.15) is 31.2 Å². The molecule has 1 aromatic rings. The fourth-order valence-electron chi connectivity index (χ4n) is 2.87. The van der Waals surface area contributed by atoms with Crippen molar-refractivity contribution in [3.8, 4) is 0 Å². The molecular formula is C18H29IN4OS. The van der Waals surface area contributed by atoms with Crippen LogP contribution in [0.25, 0.3) is 0 Å². The van der Waals surface area contributed by atoms with Gasteiger partial charge in [0.1, 0.15) is 0 Å². The fraction of sp³-hybridized carbons (Fsp3) is 0.556. The number of nitrogens with one attached hydrogen (secondary N) is 3. The zero-order valence-corrected chi connectivity index (χ0v) is 18.2. The molecule has 1 aromatic carbocycles. The minimum absolute atomic E-state index is 0. The maximum Gasteiger partial charge on any atom is 0.227 e. The molecule has 1 saturated carbocycles. The molecule has 0 spiro atoms. The van der Waals surface area contributed by atoms with Crippen molar-refractivity contribution in [2.45, 2.75) is 32.2 Å². The van der Waals surface area contributed by atoms with E-state index < -0.39 is 0 Å². The first kappa shape index (κ1) is 22.1. The van der Waals surface area contributed by atoms with Crippen LogP contribution in [0.2, 0.25) is 0 Å². The molecule has 1 aliphatic rings. The van der Waals surface area contributed by atoms with Crippen molar-refractivity contribution >= 4 is 53.3 Å². The third kappa shape index (κ3) is 7.85. The maximum absolute atomic E-state index is 12.2. The van der Waals surface area contributed by atoms with Crippen LogP contribution in [0.5, 0.6) is 0 Å². The van der Waals surface area contributed by atoms with Crippen LogP contribution in [0.15, 0.2) is 29.3 Å². The largest absolute Gasteiger partial charge is 0.356 e. The van der Waals surface area contributed by atoms with E-state index in [2.05, 4.69) is 27.2 Å². The van der Waals surface area contributed by atoms with Crippen molar-refractivity contribution in [1.29, 1.82) is 0 Å². The second-order valence-corrected chi connectivity index (χ2v) is 7.00. The summed E-state index contributed by atoms with van der Waals surface area (Å²) in [6.45, 7) is 1.56. The Labute approximate surface area is 172 Å².